The van der Waals surface area contributed by atoms with Gasteiger partial charge in [0.15, 0.2) is 0 Å². The van der Waals surface area contributed by atoms with Crippen LogP contribution in [0, 0.1) is 0 Å². The van der Waals surface area contributed by atoms with Crippen LogP contribution >= 0.6 is 0 Å². The lowest BCUT2D eigenvalue weighted by molar-refractivity contribution is 0.668. The molecule has 32 aromatic rings. The maximum atomic E-state index is 6.33. The predicted octanol–water partition coefficient (Wildman–Crippen LogP) is 41.5. The van der Waals surface area contributed by atoms with Gasteiger partial charge in [-0.25, -0.2) is 0 Å². The fraction of sp³-hybridized carbons (Fsp3) is 0. The Morgan fingerprint density at radius 1 is 0.0878 bits per heavy atom. The maximum Gasteiger partial charge on any atom is 0.143 e. The lowest BCUT2D eigenvalue weighted by Gasteiger charge is -2.13. The summed E-state index contributed by atoms with van der Waals surface area (Å²) in [5.41, 5.74) is 26.5. The van der Waals surface area contributed by atoms with Crippen LogP contribution in [0.5, 0.6) is 0 Å². The van der Waals surface area contributed by atoms with Crippen LogP contribution in [0.15, 0.2) is 552 Å². The van der Waals surface area contributed by atoms with E-state index in [0.717, 1.165) is 99.1 Å². The molecule has 0 aliphatic carbocycles. The van der Waals surface area contributed by atoms with Crippen LogP contribution in [0.2, 0.25) is 0 Å². The number of rotatable bonds is 8. The van der Waals surface area contributed by atoms with Crippen LogP contribution in [0.3, 0.4) is 0 Å². The zero-order valence-electron chi connectivity index (χ0n) is 80.4. The Morgan fingerprint density at radius 2 is 0.284 bits per heavy atom. The first-order valence-corrected chi connectivity index (χ1v) is 50.8. The quantitative estimate of drug-likeness (QED) is 0.142. The number of para-hydroxylation sites is 5. The van der Waals surface area contributed by atoms with Crippen molar-refractivity contribution in [1.29, 1.82) is 0 Å². The van der Waals surface area contributed by atoms with Gasteiger partial charge in [-0.05, 0) is 316 Å². The Morgan fingerprint density at radius 3 is 0.655 bits per heavy atom. The van der Waals surface area contributed by atoms with Crippen molar-refractivity contribution in [2.24, 2.45) is 0 Å². The monoisotopic (exact) mass is 1880 g/mol. The van der Waals surface area contributed by atoms with E-state index in [1.807, 2.05) is 48.5 Å². The maximum absolute atomic E-state index is 6.33. The highest BCUT2D eigenvalue weighted by Gasteiger charge is 2.22. The van der Waals surface area contributed by atoms with Gasteiger partial charge in [0.25, 0.3) is 0 Å². The van der Waals surface area contributed by atoms with Crippen LogP contribution in [-0.4, -0.2) is 0 Å². The number of furan rings is 4. The third-order valence-corrected chi connectivity index (χ3v) is 30.6. The van der Waals surface area contributed by atoms with E-state index in [1.165, 1.54) is 207 Å². The van der Waals surface area contributed by atoms with E-state index in [2.05, 4.69) is 485 Å². The summed E-state index contributed by atoms with van der Waals surface area (Å²) >= 11 is 0. The minimum absolute atomic E-state index is 0.924. The molecular formula is C144H88O4. The first kappa shape index (κ1) is 85.3. The molecule has 0 radical (unpaired) electrons. The highest BCUT2D eigenvalue weighted by molar-refractivity contribution is 6.30. The predicted molar refractivity (Wildman–Crippen MR) is 628 cm³/mol. The lowest BCUT2D eigenvalue weighted by Crippen LogP contribution is -1.86. The molecule has 688 valence electrons. The Kier molecular flexibility index (Phi) is 20.3. The minimum atomic E-state index is 0.924. The fourth-order valence-corrected chi connectivity index (χ4v) is 23.6. The van der Waals surface area contributed by atoms with E-state index < -0.39 is 0 Å². The Hall–Kier alpha value is -19.5. The molecule has 4 heteroatoms. The second-order valence-electron chi connectivity index (χ2n) is 38.9. The van der Waals surface area contributed by atoms with Crippen LogP contribution < -0.4 is 0 Å². The zero-order chi connectivity index (χ0) is 97.4. The molecule has 28 aromatic carbocycles. The summed E-state index contributed by atoms with van der Waals surface area (Å²) in [6, 6.07) is 192. The molecule has 0 saturated carbocycles. The van der Waals surface area contributed by atoms with E-state index in [9.17, 15) is 0 Å². The van der Waals surface area contributed by atoms with Gasteiger partial charge >= 0.3 is 0 Å². The third-order valence-electron chi connectivity index (χ3n) is 30.6. The van der Waals surface area contributed by atoms with Crippen molar-refractivity contribution in [1.82, 2.24) is 0 Å². The molecule has 0 amide bonds. The molecule has 4 heterocycles. The Bertz CT molecular complexity index is 10900. The number of hydrogen-bond acceptors (Lipinski definition) is 4. The normalized spacial score (nSPS) is 11.8. The second-order valence-corrected chi connectivity index (χ2v) is 38.9. The fourth-order valence-electron chi connectivity index (χ4n) is 23.6. The van der Waals surface area contributed by atoms with Crippen LogP contribution in [0.1, 0.15) is 0 Å². The van der Waals surface area contributed by atoms with Crippen molar-refractivity contribution in [2.45, 2.75) is 0 Å². The standard InChI is InChI=1S/4C36H22O/c1-2-13-29-27(11-1)28-12-3-4-14-30(28)34-22-24(19-20-31(29)34)23-9-7-10-25(21-23)26-16-8-17-33-32-15-5-6-18-35(32)37-36(26)33;1-2-13-29-27(11-1)28-12-3-4-14-30(28)33-22-24(19-20-31(29)33)23-9-7-10-25(21-23)26-16-8-18-35-36(26)32-15-5-6-17-34(32)37-35;1-2-12-29-27(10-1)28-11-3-4-13-30(28)33-21-25(16-18-31(29)33)23-8-7-9-24(20-23)26-17-19-36-34(22-26)32-14-5-6-15-35(32)37-36;1-2-12-29-27(10-1)28-11-3-4-13-30(28)34-21-25(16-18-31(29)34)23-8-7-9-24(20-23)26-17-19-33-32-14-5-6-15-35(32)37-36(33)22-26/h4*1-22H. The summed E-state index contributed by atoms with van der Waals surface area (Å²) in [6.07, 6.45) is 0. The van der Waals surface area contributed by atoms with Gasteiger partial charge in [0.1, 0.15) is 44.7 Å². The van der Waals surface area contributed by atoms with Crippen molar-refractivity contribution < 1.29 is 17.7 Å². The summed E-state index contributed by atoms with van der Waals surface area (Å²) in [4.78, 5) is 0. The largest absolute Gasteiger partial charge is 0.456 e. The Balaban J connectivity index is 0.0000000930. The van der Waals surface area contributed by atoms with Crippen molar-refractivity contribution >= 4 is 217 Å². The van der Waals surface area contributed by atoms with Crippen LogP contribution in [-0.2, 0) is 0 Å². The Labute approximate surface area is 851 Å². The number of fused-ring (bicyclic) bond motifs is 36. The smallest absolute Gasteiger partial charge is 0.143 e. The van der Waals surface area contributed by atoms with Crippen molar-refractivity contribution in [3.05, 3.63) is 534 Å². The first-order chi connectivity index (χ1) is 73.4. The molecule has 0 N–H and O–H groups in total. The number of hydrogen-bond donors (Lipinski definition) is 0. The summed E-state index contributed by atoms with van der Waals surface area (Å²) in [5, 5.41) is 40.4. The van der Waals surface area contributed by atoms with E-state index in [0.29, 0.717) is 0 Å². The number of benzene rings is 28. The van der Waals surface area contributed by atoms with Gasteiger partial charge < -0.3 is 17.7 Å². The molecule has 0 fully saturated rings. The van der Waals surface area contributed by atoms with Crippen LogP contribution in [0.25, 0.3) is 306 Å². The summed E-state index contributed by atoms with van der Waals surface area (Å²) in [7, 11) is 0. The summed E-state index contributed by atoms with van der Waals surface area (Å²) in [5.74, 6) is 0. The SMILES string of the molecule is c1cc(-c2ccc3c(c2)oc2ccccc23)cc(-c2ccc3c4ccccc4c4ccccc4c3c2)c1.c1cc(-c2ccc3c4ccccc4c4ccccc4c3c2)cc(-c2cccc3c2oc2ccccc23)c1.c1cc(-c2ccc3c4ccccc4c4ccccc4c3c2)cc(-c2cccc3oc4ccccc4c23)c1.c1cc(-c2ccc3oc4ccccc4c3c2)cc(-c2ccc3c4ccccc4c4ccccc4c3c2)c1. The highest BCUT2D eigenvalue weighted by atomic mass is 16.3. The van der Waals surface area contributed by atoms with Crippen molar-refractivity contribution in [3.63, 3.8) is 0 Å². The van der Waals surface area contributed by atoms with Gasteiger partial charge in [-0.1, -0.05) is 431 Å². The average Bonchev–Trinajstić information content (AvgIpc) is 1.11. The minimum Gasteiger partial charge on any atom is -0.456 e. The van der Waals surface area contributed by atoms with Crippen molar-refractivity contribution in [3.8, 4) is 89.0 Å². The van der Waals surface area contributed by atoms with Gasteiger partial charge in [-0.3, -0.25) is 0 Å². The average molecular weight is 1880 g/mol. The van der Waals surface area contributed by atoms with Gasteiger partial charge in [-0.15, -0.1) is 0 Å². The molecule has 0 aliphatic rings. The van der Waals surface area contributed by atoms with E-state index >= 15 is 0 Å². The molecule has 4 aromatic heterocycles. The lowest BCUT2D eigenvalue weighted by atomic mass is 9.91. The molecule has 0 aliphatic heterocycles. The zero-order valence-corrected chi connectivity index (χ0v) is 80.4. The molecule has 0 saturated heterocycles. The van der Waals surface area contributed by atoms with Crippen molar-refractivity contribution in [2.75, 3.05) is 0 Å². The molecule has 32 rings (SSSR count). The molecule has 4 nitrogen and oxygen atoms in total. The second kappa shape index (κ2) is 35.3. The van der Waals surface area contributed by atoms with Gasteiger partial charge in [0.2, 0.25) is 0 Å². The molecular weight excluding hydrogens is 1790 g/mol. The summed E-state index contributed by atoms with van der Waals surface area (Å²) in [6.45, 7) is 0. The van der Waals surface area contributed by atoms with Crippen LogP contribution in [0.4, 0.5) is 0 Å². The van der Waals surface area contributed by atoms with Gasteiger partial charge in [0.05, 0.1) is 0 Å². The molecule has 0 bridgehead atoms. The molecule has 0 spiro atoms. The van der Waals surface area contributed by atoms with Gasteiger partial charge in [-0.2, -0.15) is 0 Å². The van der Waals surface area contributed by atoms with E-state index in [-0.39, 0.29) is 0 Å². The molecule has 148 heavy (non-hydrogen) atoms. The third kappa shape index (κ3) is 14.5. The topological polar surface area (TPSA) is 52.6 Å². The van der Waals surface area contributed by atoms with E-state index in [1.54, 1.807) is 0 Å². The first-order valence-electron chi connectivity index (χ1n) is 50.8. The highest BCUT2D eigenvalue weighted by Crippen LogP contribution is 2.48. The molecule has 0 unspecified atom stereocenters. The van der Waals surface area contributed by atoms with Gasteiger partial charge in [0, 0.05) is 48.7 Å². The molecule has 0 atom stereocenters. The summed E-state index contributed by atoms with van der Waals surface area (Å²) < 4.78 is 24.7. The van der Waals surface area contributed by atoms with E-state index in [4.69, 9.17) is 17.7 Å².